The lowest BCUT2D eigenvalue weighted by Gasteiger charge is -2.43. The molecule has 4 aliphatic rings. The molecule has 11 heteroatoms. The van der Waals surface area contributed by atoms with Gasteiger partial charge in [-0.15, -0.1) is 0 Å². The molecule has 0 saturated carbocycles. The van der Waals surface area contributed by atoms with Crippen LogP contribution in [-0.2, 0) is 25.7 Å². The Morgan fingerprint density at radius 2 is 1.27 bits per heavy atom. The number of likely N-dealkylation sites (N-methyl/N-ethyl adjacent to an activating group) is 2. The topological polar surface area (TPSA) is 109 Å². The summed E-state index contributed by atoms with van der Waals surface area (Å²) < 4.78 is 26.1. The van der Waals surface area contributed by atoms with Gasteiger partial charge < -0.3 is 68.4 Å². The third-order valence-electron chi connectivity index (χ3n) is 10.5. The molecular formula is C38H46Cl2N2O7. The number of halogens is 2. The number of aromatic hydroxyl groups is 2. The number of ether oxygens (including phenoxy) is 4. The number of quaternary nitrogens is 2. The molecule has 0 aromatic heterocycles. The molecule has 4 aliphatic heterocycles. The van der Waals surface area contributed by atoms with Crippen LogP contribution in [0.5, 0.6) is 46.0 Å². The summed E-state index contributed by atoms with van der Waals surface area (Å²) in [6.07, 6.45) is 3.21. The average molecular weight is 714 g/mol. The molecule has 8 rings (SSSR count). The fourth-order valence-corrected chi connectivity index (χ4v) is 7.61. The minimum atomic E-state index is -0.0508. The maximum Gasteiger partial charge on any atom is 0.201 e. The Morgan fingerprint density at radius 3 is 1.94 bits per heavy atom. The van der Waals surface area contributed by atoms with E-state index in [9.17, 15) is 10.2 Å². The van der Waals surface area contributed by atoms with Crippen LogP contribution in [0.3, 0.4) is 0 Å². The lowest BCUT2D eigenvalue weighted by Crippen LogP contribution is -3.00. The van der Waals surface area contributed by atoms with Crippen molar-refractivity contribution >= 4 is 0 Å². The summed E-state index contributed by atoms with van der Waals surface area (Å²) in [6.45, 7) is 1.91. The van der Waals surface area contributed by atoms with Crippen molar-refractivity contribution < 1.29 is 68.4 Å². The Hall–Kier alpha value is -3.86. The van der Waals surface area contributed by atoms with Gasteiger partial charge in [0.25, 0.3) is 0 Å². The van der Waals surface area contributed by atoms with E-state index in [4.69, 9.17) is 18.9 Å². The van der Waals surface area contributed by atoms with E-state index in [1.165, 1.54) is 16.7 Å². The van der Waals surface area contributed by atoms with Crippen LogP contribution in [0.1, 0.15) is 45.5 Å². The van der Waals surface area contributed by atoms with Gasteiger partial charge in [-0.1, -0.05) is 18.2 Å². The molecule has 49 heavy (non-hydrogen) atoms. The first kappa shape index (κ1) is 38.0. The summed E-state index contributed by atoms with van der Waals surface area (Å²) in [5, 5.41) is 22.5. The number of rotatable bonds is 2. The molecule has 0 amide bonds. The molecule has 4 aromatic rings. The summed E-state index contributed by atoms with van der Waals surface area (Å²) >= 11 is 0. The van der Waals surface area contributed by atoms with Crippen molar-refractivity contribution in [3.63, 3.8) is 0 Å². The molecular weight excluding hydrogens is 667 g/mol. The molecule has 4 N–H and O–H groups in total. The van der Waals surface area contributed by atoms with Crippen LogP contribution < -0.4 is 43.8 Å². The zero-order valence-electron chi connectivity index (χ0n) is 28.8. The van der Waals surface area contributed by atoms with Gasteiger partial charge in [0.2, 0.25) is 5.75 Å². The van der Waals surface area contributed by atoms with Crippen molar-refractivity contribution in [1.29, 1.82) is 0 Å². The number of benzene rings is 4. The van der Waals surface area contributed by atoms with Crippen LogP contribution in [0.4, 0.5) is 0 Å². The highest BCUT2D eigenvalue weighted by molar-refractivity contribution is 5.61. The molecule has 264 valence electrons. The van der Waals surface area contributed by atoms with E-state index in [-0.39, 0.29) is 53.9 Å². The van der Waals surface area contributed by atoms with Gasteiger partial charge in [-0.25, -0.2) is 0 Å². The minimum Gasteiger partial charge on any atom is -1.00 e. The number of fused-ring (bicyclic) bond motifs is 2. The molecule has 2 atom stereocenters. The van der Waals surface area contributed by atoms with Crippen LogP contribution in [0.15, 0.2) is 60.7 Å². The third-order valence-corrected chi connectivity index (χ3v) is 10.5. The SMILES string of the molecule is COc1cc2c3cc1Oc1cc(ccc1O)CC1c4c(cc(OC)c(O)c4Oc4ccc(cc4)CC3[N+](C)(C)CC2)CC[N+]1(C)C.O.[Cl-].[Cl-]. The Morgan fingerprint density at radius 1 is 0.673 bits per heavy atom. The fourth-order valence-electron chi connectivity index (χ4n) is 7.61. The van der Waals surface area contributed by atoms with E-state index in [1.54, 1.807) is 20.3 Å². The lowest BCUT2D eigenvalue weighted by molar-refractivity contribution is -0.923. The van der Waals surface area contributed by atoms with Crippen LogP contribution in [0.25, 0.3) is 0 Å². The molecule has 4 heterocycles. The van der Waals surface area contributed by atoms with Crippen LogP contribution in [-0.4, -0.2) is 80.2 Å². The van der Waals surface area contributed by atoms with E-state index < -0.39 is 0 Å². The number of methoxy groups -OCH3 is 2. The van der Waals surface area contributed by atoms with Gasteiger partial charge in [0.05, 0.1) is 61.1 Å². The van der Waals surface area contributed by atoms with Crippen LogP contribution in [0, 0.1) is 0 Å². The maximum atomic E-state index is 11.5. The smallest absolute Gasteiger partial charge is 0.201 e. The van der Waals surface area contributed by atoms with E-state index in [1.807, 2.05) is 30.3 Å². The van der Waals surface area contributed by atoms with Crippen molar-refractivity contribution in [2.75, 3.05) is 55.5 Å². The zero-order chi connectivity index (χ0) is 32.4. The van der Waals surface area contributed by atoms with Gasteiger partial charge in [-0.05, 0) is 64.7 Å². The van der Waals surface area contributed by atoms with Crippen LogP contribution >= 0.6 is 0 Å². The number of hydrogen-bond acceptors (Lipinski definition) is 6. The summed E-state index contributed by atoms with van der Waals surface area (Å²) in [6, 6.07) is 20.1. The first-order valence-electron chi connectivity index (χ1n) is 16.0. The summed E-state index contributed by atoms with van der Waals surface area (Å²) in [5.74, 6) is 3.18. The highest BCUT2D eigenvalue weighted by Gasteiger charge is 2.41. The molecule has 0 fully saturated rings. The Kier molecular flexibility index (Phi) is 11.0. The molecule has 0 aliphatic carbocycles. The lowest BCUT2D eigenvalue weighted by atomic mass is 9.85. The number of nitrogens with zero attached hydrogens (tertiary/aromatic N) is 2. The van der Waals surface area contributed by atoms with Crippen LogP contribution in [0.2, 0.25) is 0 Å². The predicted molar refractivity (Wildman–Crippen MR) is 180 cm³/mol. The molecule has 0 saturated heterocycles. The third kappa shape index (κ3) is 6.83. The molecule has 0 radical (unpaired) electrons. The maximum absolute atomic E-state index is 11.5. The van der Waals surface area contributed by atoms with E-state index >= 15 is 0 Å². The van der Waals surface area contributed by atoms with Gasteiger partial charge in [0.1, 0.15) is 17.8 Å². The highest BCUT2D eigenvalue weighted by Crippen LogP contribution is 2.51. The number of phenols is 2. The number of phenolic OH excluding ortho intramolecular Hbond substituents is 2. The van der Waals surface area contributed by atoms with Gasteiger partial charge in [0.15, 0.2) is 34.5 Å². The quantitative estimate of drug-likeness (QED) is 0.284. The number of hydrogen-bond donors (Lipinski definition) is 2. The molecule has 2 unspecified atom stereocenters. The Labute approximate surface area is 300 Å². The first-order valence-corrected chi connectivity index (χ1v) is 16.0. The van der Waals surface area contributed by atoms with Crippen molar-refractivity contribution in [2.45, 2.75) is 37.8 Å². The highest BCUT2D eigenvalue weighted by atomic mass is 35.5. The molecule has 9 nitrogen and oxygen atoms in total. The van der Waals surface area contributed by atoms with E-state index in [0.717, 1.165) is 53.5 Å². The summed E-state index contributed by atoms with van der Waals surface area (Å²) in [5.41, 5.74) is 6.74. The molecule has 0 spiro atoms. The van der Waals surface area contributed by atoms with Gasteiger partial charge >= 0.3 is 0 Å². The normalized spacial score (nSPS) is 19.5. The average Bonchev–Trinajstić information content (AvgIpc) is 3.03. The Balaban J connectivity index is 0.00000180. The van der Waals surface area contributed by atoms with Gasteiger partial charge in [0, 0.05) is 31.2 Å². The van der Waals surface area contributed by atoms with Gasteiger partial charge in [-0.3, -0.25) is 0 Å². The molecule has 6 bridgehead atoms. The van der Waals surface area contributed by atoms with E-state index in [0.29, 0.717) is 45.4 Å². The first-order chi connectivity index (χ1) is 22.0. The van der Waals surface area contributed by atoms with Crippen molar-refractivity contribution in [2.24, 2.45) is 0 Å². The Bertz CT molecular complexity index is 1830. The second-order valence-electron chi connectivity index (χ2n) is 14.1. The minimum absolute atomic E-state index is 0. The zero-order valence-corrected chi connectivity index (χ0v) is 30.4. The largest absolute Gasteiger partial charge is 1.00 e. The second-order valence-corrected chi connectivity index (χ2v) is 14.1. The summed E-state index contributed by atoms with van der Waals surface area (Å²) in [7, 11) is 12.2. The van der Waals surface area contributed by atoms with Crippen molar-refractivity contribution in [3.05, 3.63) is 94.0 Å². The predicted octanol–water partition coefficient (Wildman–Crippen LogP) is 0.0289. The van der Waals surface area contributed by atoms with Crippen molar-refractivity contribution in [3.8, 4) is 46.0 Å². The van der Waals surface area contributed by atoms with Crippen molar-refractivity contribution in [1.82, 2.24) is 0 Å². The monoisotopic (exact) mass is 712 g/mol. The van der Waals surface area contributed by atoms with E-state index in [2.05, 4.69) is 52.5 Å². The summed E-state index contributed by atoms with van der Waals surface area (Å²) in [4.78, 5) is 0. The molecule has 4 aromatic carbocycles. The second kappa shape index (κ2) is 14.2. The van der Waals surface area contributed by atoms with Gasteiger partial charge in [-0.2, -0.15) is 0 Å². The fraction of sp³-hybridized carbons (Fsp3) is 0.368. The standard InChI is InChI=1S/C38H42N2O6.2ClH.H2O/c1-39(2)15-13-25-20-33(43-5)34-22-28(25)29(39)17-23-7-10-27(11-8-23)45-38-36-26(21-35(44-6)37(38)42)14-16-40(3,4)30(36)18-24-9-12-31(41)32(19-24)46-34;;;/h7-12,19-22,29-30H,13-18H2,1-6H3;2*1H;1H2.